The molecule has 0 aromatic heterocycles. The smallest absolute Gasteiger partial charge is 0.294 e. The Morgan fingerprint density at radius 1 is 0.935 bits per heavy atom. The van der Waals surface area contributed by atoms with Gasteiger partial charge < -0.3 is 4.84 Å². The summed E-state index contributed by atoms with van der Waals surface area (Å²) in [5.41, 5.74) is 0.992. The Balaban J connectivity index is 1.57. The van der Waals surface area contributed by atoms with Crippen molar-refractivity contribution >= 4 is 11.6 Å². The third kappa shape index (κ3) is 3.26. The summed E-state index contributed by atoms with van der Waals surface area (Å²) < 4.78 is 0. The fourth-order valence-electron chi connectivity index (χ4n) is 6.38. The van der Waals surface area contributed by atoms with E-state index in [9.17, 15) is 19.7 Å². The molecule has 0 heterocycles. The highest BCUT2D eigenvalue weighted by Crippen LogP contribution is 2.63. The molecule has 2 fully saturated rings. The summed E-state index contributed by atoms with van der Waals surface area (Å²) in [6, 6.07) is 17.7. The Morgan fingerprint density at radius 2 is 1.52 bits per heavy atom. The number of nitrogens with zero attached hydrogens (tertiary/aromatic N) is 1. The van der Waals surface area contributed by atoms with Crippen LogP contribution in [-0.2, 0) is 4.84 Å². The standard InChI is InChI=1S/C25H23NO5/c27-24(15-8-3-1-4-9-15)23(25(28)16-10-5-2-6-11-16)22-19-14-20(31-26(29)30)21(22)18-13-7-12-17(18)19/h1-12,17-23H,13-14H2/t17-,18+,19+,20-,21+,22-/m1/s1. The summed E-state index contributed by atoms with van der Waals surface area (Å²) in [7, 11) is 0. The van der Waals surface area contributed by atoms with Crippen LogP contribution in [0.25, 0.3) is 0 Å². The second-order valence-electron chi connectivity index (χ2n) is 8.77. The zero-order valence-electron chi connectivity index (χ0n) is 16.9. The summed E-state index contributed by atoms with van der Waals surface area (Å²) in [6.45, 7) is 0. The molecule has 0 amide bonds. The molecule has 3 aliphatic carbocycles. The fourth-order valence-corrected chi connectivity index (χ4v) is 6.38. The zero-order chi connectivity index (χ0) is 21.5. The maximum Gasteiger partial charge on any atom is 0.294 e. The minimum absolute atomic E-state index is 0.0176. The van der Waals surface area contributed by atoms with Crippen molar-refractivity contribution in [3.63, 3.8) is 0 Å². The minimum atomic E-state index is -0.876. The Kier molecular flexibility index (Phi) is 4.93. The van der Waals surface area contributed by atoms with E-state index in [1.165, 1.54) is 0 Å². The fraction of sp³-hybridized carbons (Fsp3) is 0.360. The van der Waals surface area contributed by atoms with Crippen molar-refractivity contribution in [2.75, 3.05) is 0 Å². The minimum Gasteiger partial charge on any atom is -0.310 e. The highest BCUT2D eigenvalue weighted by Gasteiger charge is 2.63. The van der Waals surface area contributed by atoms with Gasteiger partial charge in [-0.2, -0.15) is 0 Å². The number of Topliss-reactive ketones (excluding diaryl/α,β-unsaturated/α-hetero) is 2. The molecule has 2 aromatic rings. The molecule has 2 saturated carbocycles. The summed E-state index contributed by atoms with van der Waals surface area (Å²) in [5.74, 6) is -1.31. The van der Waals surface area contributed by atoms with Gasteiger partial charge in [-0.3, -0.25) is 9.59 Å². The second kappa shape index (κ2) is 7.76. The molecule has 6 heteroatoms. The first-order valence-corrected chi connectivity index (χ1v) is 10.7. The van der Waals surface area contributed by atoms with Gasteiger partial charge in [-0.15, -0.1) is 10.1 Å². The number of carbonyl (C=O) groups excluding carboxylic acids is 2. The molecule has 0 unspecified atom stereocenters. The molecule has 31 heavy (non-hydrogen) atoms. The number of fused-ring (bicyclic) bond motifs is 5. The first-order chi connectivity index (χ1) is 15.1. The summed E-state index contributed by atoms with van der Waals surface area (Å²) >= 11 is 0. The average molecular weight is 417 g/mol. The highest BCUT2D eigenvalue weighted by molar-refractivity contribution is 6.16. The number of hydrogen-bond donors (Lipinski definition) is 0. The molecule has 0 aliphatic heterocycles. The summed E-state index contributed by atoms with van der Waals surface area (Å²) in [5, 5.41) is 10.4. The van der Waals surface area contributed by atoms with Gasteiger partial charge in [0.2, 0.25) is 0 Å². The molecule has 3 aliphatic rings. The number of rotatable bonds is 7. The van der Waals surface area contributed by atoms with Crippen LogP contribution in [0.15, 0.2) is 72.8 Å². The molecule has 6 nitrogen and oxygen atoms in total. The number of benzene rings is 2. The number of carbonyl (C=O) groups is 2. The molecule has 6 atom stereocenters. The van der Waals surface area contributed by atoms with Crippen LogP contribution in [0.5, 0.6) is 0 Å². The van der Waals surface area contributed by atoms with Crippen molar-refractivity contribution in [1.29, 1.82) is 0 Å². The van der Waals surface area contributed by atoms with Crippen LogP contribution in [0.2, 0.25) is 0 Å². The lowest BCUT2D eigenvalue weighted by Gasteiger charge is -2.30. The highest BCUT2D eigenvalue weighted by atomic mass is 17.0. The number of allylic oxidation sites excluding steroid dienone is 2. The van der Waals surface area contributed by atoms with Crippen molar-refractivity contribution in [1.82, 2.24) is 0 Å². The van der Waals surface area contributed by atoms with Gasteiger partial charge in [-0.1, -0.05) is 72.8 Å². The van der Waals surface area contributed by atoms with Crippen molar-refractivity contribution in [3.8, 4) is 0 Å². The van der Waals surface area contributed by atoms with Crippen molar-refractivity contribution < 1.29 is 19.5 Å². The van der Waals surface area contributed by atoms with E-state index < -0.39 is 17.1 Å². The predicted molar refractivity (Wildman–Crippen MR) is 113 cm³/mol. The van der Waals surface area contributed by atoms with Gasteiger partial charge in [0.05, 0.1) is 5.92 Å². The van der Waals surface area contributed by atoms with Gasteiger partial charge >= 0.3 is 0 Å². The van der Waals surface area contributed by atoms with Crippen LogP contribution in [0, 0.1) is 45.6 Å². The van der Waals surface area contributed by atoms with Crippen molar-refractivity contribution in [3.05, 3.63) is 94.1 Å². The van der Waals surface area contributed by atoms with Crippen LogP contribution in [0.4, 0.5) is 0 Å². The second-order valence-corrected chi connectivity index (χ2v) is 8.77. The van der Waals surface area contributed by atoms with E-state index in [1.807, 2.05) is 12.1 Å². The van der Waals surface area contributed by atoms with E-state index >= 15 is 0 Å². The van der Waals surface area contributed by atoms with E-state index in [4.69, 9.17) is 4.84 Å². The largest absolute Gasteiger partial charge is 0.310 e. The quantitative estimate of drug-likeness (QED) is 0.219. The topological polar surface area (TPSA) is 86.5 Å². The molecule has 2 bridgehead atoms. The van der Waals surface area contributed by atoms with Crippen LogP contribution >= 0.6 is 0 Å². The van der Waals surface area contributed by atoms with Gasteiger partial charge in [0.15, 0.2) is 11.6 Å². The maximum atomic E-state index is 13.7. The first-order valence-electron chi connectivity index (χ1n) is 10.7. The van der Waals surface area contributed by atoms with Crippen molar-refractivity contribution in [2.45, 2.75) is 18.9 Å². The monoisotopic (exact) mass is 417 g/mol. The molecular weight excluding hydrogens is 394 g/mol. The average Bonchev–Trinajstić information content (AvgIpc) is 3.46. The predicted octanol–water partition coefficient (Wildman–Crippen LogP) is 4.40. The van der Waals surface area contributed by atoms with Crippen LogP contribution in [-0.4, -0.2) is 22.8 Å². The van der Waals surface area contributed by atoms with Crippen LogP contribution in [0.1, 0.15) is 33.6 Å². The molecule has 5 rings (SSSR count). The Hall–Kier alpha value is -3.28. The third-order valence-corrected chi connectivity index (χ3v) is 7.41. The summed E-state index contributed by atoms with van der Waals surface area (Å²) in [6.07, 6.45) is 5.03. The van der Waals surface area contributed by atoms with E-state index in [0.29, 0.717) is 17.5 Å². The molecule has 0 radical (unpaired) electrons. The van der Waals surface area contributed by atoms with Gasteiger partial charge in [0, 0.05) is 11.1 Å². The Morgan fingerprint density at radius 3 is 2.06 bits per heavy atom. The first kappa shape index (κ1) is 19.7. The Bertz CT molecular complexity index is 983. The van der Waals surface area contributed by atoms with Crippen molar-refractivity contribution in [2.24, 2.45) is 35.5 Å². The van der Waals surface area contributed by atoms with Gasteiger partial charge in [0.1, 0.15) is 6.10 Å². The normalized spacial score (nSPS) is 30.4. The SMILES string of the molecule is O=C(c1ccccc1)C(C(=O)c1ccccc1)[C@@H]1[C@H]2C[C@@H](O[N+](=O)[O-])[C@@H]1[C@H]1CC=C[C@@H]21. The molecule has 2 aromatic carbocycles. The van der Waals surface area contributed by atoms with E-state index in [-0.39, 0.29) is 41.2 Å². The molecule has 0 N–H and O–H groups in total. The zero-order valence-corrected chi connectivity index (χ0v) is 16.9. The molecule has 158 valence electrons. The van der Waals surface area contributed by atoms with Crippen LogP contribution in [0.3, 0.4) is 0 Å². The van der Waals surface area contributed by atoms with Gasteiger partial charge in [0.25, 0.3) is 5.09 Å². The van der Waals surface area contributed by atoms with E-state index in [0.717, 1.165) is 6.42 Å². The number of ketones is 2. The van der Waals surface area contributed by atoms with Gasteiger partial charge in [-0.25, -0.2) is 0 Å². The van der Waals surface area contributed by atoms with Crippen LogP contribution < -0.4 is 0 Å². The lowest BCUT2D eigenvalue weighted by atomic mass is 9.74. The number of hydrogen-bond acceptors (Lipinski definition) is 5. The molecule has 0 saturated heterocycles. The molecular formula is C25H23NO5. The van der Waals surface area contributed by atoms with E-state index in [1.54, 1.807) is 48.5 Å². The maximum absolute atomic E-state index is 13.7. The lowest BCUT2D eigenvalue weighted by molar-refractivity contribution is -0.770. The molecule has 0 spiro atoms. The van der Waals surface area contributed by atoms with E-state index in [2.05, 4.69) is 12.2 Å². The lowest BCUT2D eigenvalue weighted by Crippen LogP contribution is -2.37. The summed E-state index contributed by atoms with van der Waals surface area (Å²) in [4.78, 5) is 43.6. The van der Waals surface area contributed by atoms with Gasteiger partial charge in [-0.05, 0) is 42.4 Å². The Labute approximate surface area is 180 Å². The third-order valence-electron chi connectivity index (χ3n) is 7.41.